The van der Waals surface area contributed by atoms with Crippen molar-refractivity contribution in [3.05, 3.63) is 95.6 Å². The molecule has 178 valence electrons. The number of primary amides is 1. The third-order valence-electron chi connectivity index (χ3n) is 5.04. The minimum atomic E-state index is -0.869. The fourth-order valence-electron chi connectivity index (χ4n) is 3.27. The molecule has 7 heteroatoms. The Kier molecular flexibility index (Phi) is 9.49. The number of nitrogens with one attached hydrogen (secondary N) is 1. The van der Waals surface area contributed by atoms with E-state index in [9.17, 15) is 9.59 Å². The molecule has 0 fully saturated rings. The second-order valence-electron chi connectivity index (χ2n) is 7.69. The zero-order valence-electron chi connectivity index (χ0n) is 19.2. The number of hydrogen-bond acceptors (Lipinski definition) is 5. The molecule has 0 heterocycles. The van der Waals surface area contributed by atoms with Crippen LogP contribution in [0.15, 0.2) is 78.9 Å². The minimum Gasteiger partial charge on any atom is -0.485 e. The molecule has 2 amide bonds. The van der Waals surface area contributed by atoms with E-state index < -0.39 is 17.9 Å². The highest BCUT2D eigenvalue weighted by Gasteiger charge is 2.20. The Balaban J connectivity index is 1.75. The molecular weight excluding hydrogens is 432 g/mol. The number of ether oxygens (including phenoxy) is 3. The van der Waals surface area contributed by atoms with Crippen LogP contribution in [0, 0.1) is 0 Å². The van der Waals surface area contributed by atoms with Gasteiger partial charge in [0.25, 0.3) is 0 Å². The molecule has 0 aliphatic rings. The maximum atomic E-state index is 12.0. The van der Waals surface area contributed by atoms with E-state index in [0.717, 1.165) is 16.7 Å². The lowest BCUT2D eigenvalue weighted by molar-refractivity contribution is -0.130. The highest BCUT2D eigenvalue weighted by Crippen LogP contribution is 2.30. The van der Waals surface area contributed by atoms with Crippen LogP contribution in [0.3, 0.4) is 0 Å². The van der Waals surface area contributed by atoms with Gasteiger partial charge >= 0.3 is 0 Å². The Morgan fingerprint density at radius 1 is 0.824 bits per heavy atom. The summed E-state index contributed by atoms with van der Waals surface area (Å²) in [6.07, 6.45) is 0.216. The first-order valence-electron chi connectivity index (χ1n) is 11.2. The lowest BCUT2D eigenvalue weighted by Gasteiger charge is -2.18. The van der Waals surface area contributed by atoms with Crippen LogP contribution in [-0.4, -0.2) is 31.1 Å². The van der Waals surface area contributed by atoms with Crippen LogP contribution >= 0.6 is 0 Å². The number of benzene rings is 3. The molecule has 3 aromatic carbocycles. The Hall–Kier alpha value is -3.84. The first-order valence-corrected chi connectivity index (χ1v) is 11.2. The van der Waals surface area contributed by atoms with Gasteiger partial charge in [-0.3, -0.25) is 9.59 Å². The Bertz CT molecular complexity index is 1060. The molecule has 0 radical (unpaired) electrons. The van der Waals surface area contributed by atoms with Gasteiger partial charge in [0.05, 0.1) is 0 Å². The van der Waals surface area contributed by atoms with Crippen molar-refractivity contribution in [3.8, 4) is 11.5 Å². The van der Waals surface area contributed by atoms with Gasteiger partial charge < -0.3 is 25.3 Å². The van der Waals surface area contributed by atoms with Gasteiger partial charge in [0, 0.05) is 13.0 Å². The standard InChI is InChI=1S/C27H30N2O5/c1-2-32-19-26(30)29-23(27(28)31)15-22-13-14-24(33-17-20-9-5-3-6-10-20)25(16-22)34-18-21-11-7-4-8-12-21/h3-14,16,23H,2,15,17-19H2,1H3,(H2,28,31)(H,29,30)/t23-/m0/s1. The molecule has 3 rings (SSSR count). The van der Waals surface area contributed by atoms with Crippen molar-refractivity contribution in [1.29, 1.82) is 0 Å². The van der Waals surface area contributed by atoms with Crippen LogP contribution in [0.4, 0.5) is 0 Å². The summed E-state index contributed by atoms with van der Waals surface area (Å²) in [5, 5.41) is 2.63. The van der Waals surface area contributed by atoms with Crippen LogP contribution in [0.5, 0.6) is 11.5 Å². The predicted molar refractivity (Wildman–Crippen MR) is 129 cm³/mol. The summed E-state index contributed by atoms with van der Waals surface area (Å²) >= 11 is 0. The summed E-state index contributed by atoms with van der Waals surface area (Å²) in [4.78, 5) is 24.0. The van der Waals surface area contributed by atoms with Crippen LogP contribution < -0.4 is 20.5 Å². The Morgan fingerprint density at radius 2 is 1.41 bits per heavy atom. The molecule has 0 aliphatic carbocycles. The van der Waals surface area contributed by atoms with Gasteiger partial charge in [0.1, 0.15) is 25.9 Å². The third kappa shape index (κ3) is 7.94. The summed E-state index contributed by atoms with van der Waals surface area (Å²) in [7, 11) is 0. The summed E-state index contributed by atoms with van der Waals surface area (Å²) in [5.41, 5.74) is 8.35. The number of nitrogens with two attached hydrogens (primary N) is 1. The summed E-state index contributed by atoms with van der Waals surface area (Å²) in [6, 6.07) is 24.2. The average molecular weight is 463 g/mol. The van der Waals surface area contributed by atoms with E-state index in [1.165, 1.54) is 0 Å². The largest absolute Gasteiger partial charge is 0.485 e. The maximum Gasteiger partial charge on any atom is 0.246 e. The van der Waals surface area contributed by atoms with Gasteiger partial charge in [0.2, 0.25) is 11.8 Å². The fraction of sp³-hybridized carbons (Fsp3) is 0.259. The van der Waals surface area contributed by atoms with E-state index in [1.807, 2.05) is 72.8 Å². The summed E-state index contributed by atoms with van der Waals surface area (Å²) in [6.45, 7) is 2.81. The van der Waals surface area contributed by atoms with Crippen molar-refractivity contribution in [3.63, 3.8) is 0 Å². The second-order valence-corrected chi connectivity index (χ2v) is 7.69. The van der Waals surface area contributed by atoms with E-state index in [4.69, 9.17) is 19.9 Å². The molecule has 34 heavy (non-hydrogen) atoms. The molecule has 7 nitrogen and oxygen atoms in total. The normalized spacial score (nSPS) is 11.4. The zero-order chi connectivity index (χ0) is 24.2. The smallest absolute Gasteiger partial charge is 0.246 e. The van der Waals surface area contributed by atoms with E-state index >= 15 is 0 Å². The molecule has 3 N–H and O–H groups in total. The minimum absolute atomic E-state index is 0.127. The van der Waals surface area contributed by atoms with Gasteiger partial charge in [-0.1, -0.05) is 66.7 Å². The van der Waals surface area contributed by atoms with Gasteiger partial charge in [-0.15, -0.1) is 0 Å². The van der Waals surface area contributed by atoms with E-state index in [-0.39, 0.29) is 13.0 Å². The molecular formula is C27H30N2O5. The van der Waals surface area contributed by atoms with Crippen LogP contribution in [0.2, 0.25) is 0 Å². The van der Waals surface area contributed by atoms with E-state index in [1.54, 1.807) is 13.0 Å². The maximum absolute atomic E-state index is 12.0. The Morgan fingerprint density at radius 3 is 1.97 bits per heavy atom. The SMILES string of the molecule is CCOCC(=O)N[C@@H](Cc1ccc(OCc2ccccc2)c(OCc2ccccc2)c1)C(N)=O. The van der Waals surface area contributed by atoms with Gasteiger partial charge in [-0.2, -0.15) is 0 Å². The van der Waals surface area contributed by atoms with Crippen molar-refractivity contribution in [1.82, 2.24) is 5.32 Å². The summed E-state index contributed by atoms with van der Waals surface area (Å²) < 4.78 is 17.2. The number of amides is 2. The highest BCUT2D eigenvalue weighted by atomic mass is 16.5. The Labute approximate surface area is 199 Å². The quantitative estimate of drug-likeness (QED) is 0.406. The number of hydrogen-bond donors (Lipinski definition) is 2. The number of rotatable bonds is 13. The highest BCUT2D eigenvalue weighted by molar-refractivity contribution is 5.87. The lowest BCUT2D eigenvalue weighted by atomic mass is 10.0. The molecule has 0 aliphatic heterocycles. The molecule has 0 bridgehead atoms. The number of carbonyl (C=O) groups is 2. The van der Waals surface area contributed by atoms with Crippen LogP contribution in [0.1, 0.15) is 23.6 Å². The molecule has 0 spiro atoms. The molecule has 1 atom stereocenters. The van der Waals surface area contributed by atoms with Gasteiger partial charge in [-0.25, -0.2) is 0 Å². The molecule has 0 aromatic heterocycles. The van der Waals surface area contributed by atoms with Gasteiger partial charge in [0.15, 0.2) is 11.5 Å². The van der Waals surface area contributed by atoms with Crippen molar-refractivity contribution in [2.45, 2.75) is 32.6 Å². The zero-order valence-corrected chi connectivity index (χ0v) is 19.2. The number of carbonyl (C=O) groups excluding carboxylic acids is 2. The molecule has 0 saturated carbocycles. The van der Waals surface area contributed by atoms with Crippen molar-refractivity contribution in [2.75, 3.05) is 13.2 Å². The molecule has 0 unspecified atom stereocenters. The fourth-order valence-corrected chi connectivity index (χ4v) is 3.27. The predicted octanol–water partition coefficient (Wildman–Crippen LogP) is 3.39. The average Bonchev–Trinajstić information content (AvgIpc) is 2.86. The van der Waals surface area contributed by atoms with E-state index in [0.29, 0.717) is 31.3 Å². The van der Waals surface area contributed by atoms with E-state index in [2.05, 4.69) is 5.32 Å². The molecule has 3 aromatic rings. The van der Waals surface area contributed by atoms with Crippen LogP contribution in [0.25, 0.3) is 0 Å². The molecule has 0 saturated heterocycles. The first-order chi connectivity index (χ1) is 16.5. The van der Waals surface area contributed by atoms with Crippen molar-refractivity contribution < 1.29 is 23.8 Å². The van der Waals surface area contributed by atoms with Crippen molar-refractivity contribution >= 4 is 11.8 Å². The van der Waals surface area contributed by atoms with Gasteiger partial charge in [-0.05, 0) is 35.7 Å². The second kappa shape index (κ2) is 13.0. The van der Waals surface area contributed by atoms with Crippen LogP contribution in [-0.2, 0) is 34.0 Å². The third-order valence-corrected chi connectivity index (χ3v) is 5.04. The first kappa shape index (κ1) is 24.8. The monoisotopic (exact) mass is 462 g/mol. The summed E-state index contributed by atoms with van der Waals surface area (Å²) in [5.74, 6) is 0.107. The topological polar surface area (TPSA) is 99.9 Å². The lowest BCUT2D eigenvalue weighted by Crippen LogP contribution is -2.47. The van der Waals surface area contributed by atoms with Crippen molar-refractivity contribution in [2.24, 2.45) is 5.73 Å².